The normalized spacial score (nSPS) is 14.1. The first kappa shape index (κ1) is 75.0. The van der Waals surface area contributed by atoms with E-state index in [2.05, 4.69) is 10.6 Å². The number of imide groups is 1. The number of hydrogen-bond acceptors (Lipinski definition) is 14. The van der Waals surface area contributed by atoms with E-state index >= 15 is 4.39 Å². The fraction of sp³-hybridized carbons (Fsp3) is 0.525. The van der Waals surface area contributed by atoms with Crippen molar-refractivity contribution in [2.24, 2.45) is 23.0 Å². The Kier molecular flexibility index (Phi) is 30.9. The van der Waals surface area contributed by atoms with Crippen molar-refractivity contribution in [2.75, 3.05) is 36.1 Å². The molecule has 0 spiro atoms. The van der Waals surface area contributed by atoms with E-state index in [0.29, 0.717) is 49.9 Å². The van der Waals surface area contributed by atoms with Crippen LogP contribution >= 0.6 is 23.5 Å². The van der Waals surface area contributed by atoms with Crippen LogP contribution in [0.15, 0.2) is 72.9 Å². The Balaban J connectivity index is 0.00000272. The number of amides is 5. The lowest BCUT2D eigenvalue weighted by Gasteiger charge is -2.41. The summed E-state index contributed by atoms with van der Waals surface area (Å²) in [5.41, 5.74) is 6.72. The number of aromatic nitrogens is 1. The molecule has 2 heterocycles. The number of benzene rings is 2. The van der Waals surface area contributed by atoms with Crippen LogP contribution in [0.1, 0.15) is 129 Å². The number of hydrogen-bond donors (Lipinski definition) is 6. The van der Waals surface area contributed by atoms with E-state index in [0.717, 1.165) is 52.2 Å². The number of Topliss-reactive ketones (excluding diaryl/α,β-unsaturated/α-hetero) is 3. The zero-order chi connectivity index (χ0) is 66.1. The highest BCUT2D eigenvalue weighted by Crippen LogP contribution is 2.42. The number of carbonyl (C=O) groups is 11. The molecule has 0 saturated carbocycles. The molecule has 5 amide bonds. The topological polar surface area (TPSA) is 310 Å². The summed E-state index contributed by atoms with van der Waals surface area (Å²) in [4.78, 5) is 139. The average Bonchev–Trinajstić information content (AvgIpc) is 1.62. The van der Waals surface area contributed by atoms with Crippen molar-refractivity contribution in [3.05, 3.63) is 95.8 Å². The third-order valence-corrected chi connectivity index (χ3v) is 16.1. The Bertz CT molecular complexity index is 2940. The summed E-state index contributed by atoms with van der Waals surface area (Å²) >= 11 is 2.16. The molecule has 1 aliphatic rings. The van der Waals surface area contributed by atoms with Gasteiger partial charge in [-0.3, -0.25) is 48.1 Å². The van der Waals surface area contributed by atoms with Gasteiger partial charge in [-0.2, -0.15) is 36.7 Å². The number of nitrogens with zero attached hydrogens (tertiary/aromatic N) is 3. The van der Waals surface area contributed by atoms with Crippen LogP contribution in [0.3, 0.4) is 0 Å². The molecule has 0 unspecified atom stereocenters. The molecular formula is C61H79F5N6O14S2. The van der Waals surface area contributed by atoms with Gasteiger partial charge >= 0.3 is 24.1 Å². The minimum absolute atomic E-state index is 0.00820. The average molecular weight is 1280 g/mol. The molecule has 1 aliphatic heterocycles. The van der Waals surface area contributed by atoms with Gasteiger partial charge in [0.2, 0.25) is 17.7 Å². The zero-order valence-corrected chi connectivity index (χ0v) is 51.7. The predicted octanol–water partition coefficient (Wildman–Crippen LogP) is 8.18. The second-order valence-electron chi connectivity index (χ2n) is 22.6. The second kappa shape index (κ2) is 36.3. The van der Waals surface area contributed by atoms with Crippen LogP contribution in [0.2, 0.25) is 0 Å². The standard InChI is InChI=1S/C59H78F2N6O12S2.C2HF3O2/c1-37(2)44(31-42(68)17-11-8-13-26-66-52(72)23-24-53(66)73)56(75)63-38(3)50(70)18-12-14-27-67(54(74)36-80-28-25-51(71)64-48(58(78)79)22-20-43(69)34-81-35-47(62)57(76)77)55(59(4,5)6)49-29-40(45-30-41(60)19-21-46(45)61)33-65(49)32-39-15-9-7-10-16-39;3-2(4,5)1(6)7/h7,9-10,15-16,19,21,23-24,29-30,33,37-38,44,47-48,55H,8,11-14,17-18,20,22,25-28,31-32,34-36,62H2,1-6H3,(H,63,75)(H,64,71)(H,76,77)(H,78,79);(H,6,7)/t38-,44-,47-,48+,55-;/m0./s1. The molecule has 0 aliphatic carbocycles. The first-order valence-corrected chi connectivity index (χ1v) is 30.9. The minimum Gasteiger partial charge on any atom is -0.480 e. The molecule has 484 valence electrons. The number of thioether (sulfide) groups is 2. The number of rotatable bonds is 37. The third kappa shape index (κ3) is 25.8. The van der Waals surface area contributed by atoms with Crippen LogP contribution in [-0.4, -0.2) is 155 Å². The van der Waals surface area contributed by atoms with Crippen molar-refractivity contribution in [2.45, 2.75) is 149 Å². The van der Waals surface area contributed by atoms with Gasteiger partial charge in [0.25, 0.3) is 11.8 Å². The van der Waals surface area contributed by atoms with Crippen molar-refractivity contribution in [3.63, 3.8) is 0 Å². The quantitative estimate of drug-likeness (QED) is 0.0180. The fourth-order valence-electron chi connectivity index (χ4n) is 9.29. The Morgan fingerprint density at radius 2 is 1.38 bits per heavy atom. The lowest BCUT2D eigenvalue weighted by atomic mass is 9.82. The monoisotopic (exact) mass is 1280 g/mol. The van der Waals surface area contributed by atoms with Gasteiger partial charge in [-0.1, -0.05) is 71.4 Å². The van der Waals surface area contributed by atoms with Gasteiger partial charge in [0.05, 0.1) is 23.6 Å². The lowest BCUT2D eigenvalue weighted by molar-refractivity contribution is -0.192. The number of unbranched alkanes of at least 4 members (excludes halogenated alkanes) is 3. The number of ketones is 3. The van der Waals surface area contributed by atoms with Crippen LogP contribution in [-0.2, 0) is 59.3 Å². The van der Waals surface area contributed by atoms with E-state index in [1.807, 2.05) is 69.5 Å². The summed E-state index contributed by atoms with van der Waals surface area (Å²) in [6.45, 7) is 11.8. The number of carboxylic acids is 3. The first-order valence-electron chi connectivity index (χ1n) is 28.6. The Morgan fingerprint density at radius 1 is 0.739 bits per heavy atom. The largest absolute Gasteiger partial charge is 0.490 e. The van der Waals surface area contributed by atoms with Gasteiger partial charge in [-0.05, 0) is 80.2 Å². The molecule has 7 N–H and O–H groups in total. The molecule has 0 fully saturated rings. The van der Waals surface area contributed by atoms with Crippen molar-refractivity contribution in [3.8, 4) is 11.1 Å². The van der Waals surface area contributed by atoms with E-state index < -0.39 is 83.0 Å². The molecular weight excluding hydrogens is 1200 g/mol. The molecule has 4 rings (SSSR count). The Hall–Kier alpha value is -7.26. The number of carbonyl (C=O) groups excluding carboxylic acids is 8. The van der Waals surface area contributed by atoms with E-state index in [9.17, 15) is 70.6 Å². The molecule has 0 saturated heterocycles. The highest BCUT2D eigenvalue weighted by atomic mass is 32.2. The van der Waals surface area contributed by atoms with Crippen LogP contribution < -0.4 is 16.4 Å². The minimum atomic E-state index is -5.08. The van der Waals surface area contributed by atoms with Crippen LogP contribution in [0, 0.1) is 28.9 Å². The number of nitrogens with two attached hydrogens (primary N) is 1. The van der Waals surface area contributed by atoms with Crippen LogP contribution in [0.4, 0.5) is 22.0 Å². The summed E-state index contributed by atoms with van der Waals surface area (Å²) in [5, 5.41) is 31.1. The van der Waals surface area contributed by atoms with Crippen molar-refractivity contribution >= 4 is 88.3 Å². The van der Waals surface area contributed by atoms with Gasteiger partial charge in [0, 0.05) is 104 Å². The summed E-state index contributed by atoms with van der Waals surface area (Å²) in [5.74, 6) is -10.4. The van der Waals surface area contributed by atoms with Crippen molar-refractivity contribution in [1.29, 1.82) is 0 Å². The summed E-state index contributed by atoms with van der Waals surface area (Å²) < 4.78 is 63.8. The van der Waals surface area contributed by atoms with E-state index in [4.69, 9.17) is 20.7 Å². The zero-order valence-electron chi connectivity index (χ0n) is 50.1. The van der Waals surface area contributed by atoms with Gasteiger partial charge in [-0.25, -0.2) is 18.4 Å². The Morgan fingerprint density at radius 3 is 1.97 bits per heavy atom. The molecule has 5 atom stereocenters. The highest BCUT2D eigenvalue weighted by Gasteiger charge is 2.39. The molecule has 27 heteroatoms. The predicted molar refractivity (Wildman–Crippen MR) is 320 cm³/mol. The Labute approximate surface area is 516 Å². The maximum Gasteiger partial charge on any atom is 0.490 e. The molecule has 20 nitrogen and oxygen atoms in total. The molecule has 0 radical (unpaired) electrons. The molecule has 3 aromatic rings. The SMILES string of the molecule is CC(C)[C@H](CC(=O)CCCCCN1C(=O)C=CC1=O)C(=O)N[C@@H](C)C(=O)CCCCN(C(=O)CSCCC(=O)N[C@H](CCC(=O)CSC[C@H](N)C(=O)O)C(=O)O)[C@@H](c1cc(-c2cc(F)ccc2F)cn1Cc1ccccc1)C(C)(C)C.O=C(O)C(F)(F)F. The molecule has 1 aromatic heterocycles. The summed E-state index contributed by atoms with van der Waals surface area (Å²) in [7, 11) is 0. The maximum absolute atomic E-state index is 15.5. The number of carboxylic acid groups (broad SMARTS) is 3. The van der Waals surface area contributed by atoms with Gasteiger partial charge in [0.1, 0.15) is 35.3 Å². The van der Waals surface area contributed by atoms with E-state index in [-0.39, 0.29) is 121 Å². The second-order valence-corrected chi connectivity index (χ2v) is 24.7. The van der Waals surface area contributed by atoms with Gasteiger partial charge in [-0.15, -0.1) is 0 Å². The molecule has 0 bridgehead atoms. The summed E-state index contributed by atoms with van der Waals surface area (Å²) in [6, 6.07) is 10.3. The van der Waals surface area contributed by atoms with Crippen LogP contribution in [0.5, 0.6) is 0 Å². The third-order valence-electron chi connectivity index (χ3n) is 14.0. The van der Waals surface area contributed by atoms with Crippen molar-refractivity contribution in [1.82, 2.24) is 25.0 Å². The highest BCUT2D eigenvalue weighted by molar-refractivity contribution is 8.00. The van der Waals surface area contributed by atoms with E-state index in [1.165, 1.54) is 12.2 Å². The summed E-state index contributed by atoms with van der Waals surface area (Å²) in [6.07, 6.45) is 1.14. The smallest absolute Gasteiger partial charge is 0.480 e. The number of nitrogens with one attached hydrogen (secondary N) is 2. The van der Waals surface area contributed by atoms with Gasteiger partial charge < -0.3 is 41.2 Å². The first-order chi connectivity index (χ1) is 41.2. The number of aliphatic carboxylic acids is 3. The van der Waals surface area contributed by atoms with Gasteiger partial charge in [0.15, 0.2) is 5.78 Å². The fourth-order valence-corrected chi connectivity index (χ4v) is 11.0. The van der Waals surface area contributed by atoms with Crippen LogP contribution in [0.25, 0.3) is 11.1 Å². The molecule has 88 heavy (non-hydrogen) atoms. The molecule has 2 aromatic carbocycles. The van der Waals surface area contributed by atoms with E-state index in [1.54, 1.807) is 24.1 Å². The van der Waals surface area contributed by atoms with Crippen molar-refractivity contribution < 1.29 is 90.0 Å². The number of alkyl halides is 3. The maximum atomic E-state index is 15.5. The number of halogens is 5. The lowest BCUT2D eigenvalue weighted by Crippen LogP contribution is -2.44.